The van der Waals surface area contributed by atoms with E-state index in [9.17, 15) is 17.6 Å². The molecule has 0 aromatic heterocycles. The van der Waals surface area contributed by atoms with Gasteiger partial charge < -0.3 is 0 Å². The molecule has 0 atom stereocenters. The topological polar surface area (TPSA) is 6.48 Å². The second-order valence-corrected chi connectivity index (χ2v) is 7.26. The summed E-state index contributed by atoms with van der Waals surface area (Å²) in [7, 11) is 1.94. The number of allylic oxidation sites excluding steroid dienone is 3. The number of hydrogen-bond acceptors (Lipinski definition) is 2. The molecule has 0 bridgehead atoms. The van der Waals surface area contributed by atoms with Gasteiger partial charge in [0.05, 0.1) is 11.3 Å². The van der Waals surface area contributed by atoms with Gasteiger partial charge >= 0.3 is 6.18 Å². The van der Waals surface area contributed by atoms with Crippen LogP contribution in [0.1, 0.15) is 23.1 Å². The Bertz CT molecular complexity index is 983. The van der Waals surface area contributed by atoms with Gasteiger partial charge in [-0.05, 0) is 66.0 Å². The number of likely N-dealkylation sites (N-methyl/N-ethyl adjacent to an activating group) is 1. The first-order chi connectivity index (χ1) is 13.8. The predicted octanol–water partition coefficient (Wildman–Crippen LogP) is 5.80. The molecular weight excluding hydrogens is 380 g/mol. The van der Waals surface area contributed by atoms with Crippen molar-refractivity contribution in [2.24, 2.45) is 0 Å². The van der Waals surface area contributed by atoms with Gasteiger partial charge in [-0.1, -0.05) is 24.3 Å². The normalized spacial score (nSPS) is 17.0. The molecule has 0 saturated heterocycles. The highest BCUT2D eigenvalue weighted by Crippen LogP contribution is 2.36. The highest BCUT2D eigenvalue weighted by molar-refractivity contribution is 5.74. The van der Waals surface area contributed by atoms with Crippen molar-refractivity contribution in [3.63, 3.8) is 0 Å². The molecule has 0 unspecified atom stereocenters. The zero-order valence-corrected chi connectivity index (χ0v) is 15.9. The van der Waals surface area contributed by atoms with Crippen LogP contribution in [0.15, 0.2) is 78.2 Å². The fraction of sp³-hybridized carbons (Fsp3) is 0.217. The maximum Gasteiger partial charge on any atom is 0.416 e. The van der Waals surface area contributed by atoms with Crippen molar-refractivity contribution in [2.75, 3.05) is 13.6 Å². The number of nitrogens with zero attached hydrogens (tertiary/aromatic N) is 2. The summed E-state index contributed by atoms with van der Waals surface area (Å²) in [6, 6.07) is 11.8. The number of benzene rings is 2. The van der Waals surface area contributed by atoms with Crippen molar-refractivity contribution in [3.8, 4) is 0 Å². The first-order valence-corrected chi connectivity index (χ1v) is 9.35. The molecule has 2 aliphatic rings. The van der Waals surface area contributed by atoms with Crippen LogP contribution < -0.4 is 0 Å². The highest BCUT2D eigenvalue weighted by atomic mass is 19.4. The number of rotatable bonds is 4. The predicted molar refractivity (Wildman–Crippen MR) is 105 cm³/mol. The Morgan fingerprint density at radius 3 is 2.28 bits per heavy atom. The van der Waals surface area contributed by atoms with Crippen molar-refractivity contribution in [1.29, 1.82) is 0 Å². The lowest BCUT2D eigenvalue weighted by atomic mass is 9.98. The third-order valence-electron chi connectivity index (χ3n) is 5.24. The molecule has 0 saturated carbocycles. The van der Waals surface area contributed by atoms with E-state index in [-0.39, 0.29) is 5.82 Å². The second-order valence-electron chi connectivity index (χ2n) is 7.26. The minimum atomic E-state index is -4.34. The summed E-state index contributed by atoms with van der Waals surface area (Å²) in [4.78, 5) is 0. The lowest BCUT2D eigenvalue weighted by Crippen LogP contribution is -2.30. The lowest BCUT2D eigenvalue weighted by molar-refractivity contribution is -0.137. The van der Waals surface area contributed by atoms with Crippen LogP contribution in [0.4, 0.5) is 17.6 Å². The minimum absolute atomic E-state index is 0.249. The SMILES string of the molecule is CN1CC(c2ccc(C(F)(F)F)cc2)=C2C=C(CCc3ccc(F)cc3)C=CN21. The van der Waals surface area contributed by atoms with Gasteiger partial charge in [0.25, 0.3) is 0 Å². The van der Waals surface area contributed by atoms with Crippen LogP contribution in [0.25, 0.3) is 5.57 Å². The van der Waals surface area contributed by atoms with E-state index in [1.807, 2.05) is 29.3 Å². The molecule has 6 heteroatoms. The first kappa shape index (κ1) is 19.5. The number of fused-ring (bicyclic) bond motifs is 1. The summed E-state index contributed by atoms with van der Waals surface area (Å²) in [6.45, 7) is 0.618. The summed E-state index contributed by atoms with van der Waals surface area (Å²) in [5, 5.41) is 4.03. The van der Waals surface area contributed by atoms with E-state index in [2.05, 4.69) is 6.08 Å². The first-order valence-electron chi connectivity index (χ1n) is 9.35. The lowest BCUT2D eigenvalue weighted by Gasteiger charge is -2.27. The van der Waals surface area contributed by atoms with Crippen LogP contribution in [0, 0.1) is 5.82 Å². The average Bonchev–Trinajstić information content (AvgIpc) is 3.03. The van der Waals surface area contributed by atoms with Gasteiger partial charge in [0.2, 0.25) is 0 Å². The van der Waals surface area contributed by atoms with E-state index in [0.717, 1.165) is 52.9 Å². The number of aryl methyl sites for hydroxylation is 1. The van der Waals surface area contributed by atoms with Gasteiger partial charge in [0.15, 0.2) is 0 Å². The van der Waals surface area contributed by atoms with Crippen LogP contribution in [0.3, 0.4) is 0 Å². The Labute approximate surface area is 167 Å². The van der Waals surface area contributed by atoms with Crippen molar-refractivity contribution < 1.29 is 17.6 Å². The fourth-order valence-electron chi connectivity index (χ4n) is 3.64. The Morgan fingerprint density at radius 1 is 0.931 bits per heavy atom. The average molecular weight is 400 g/mol. The van der Waals surface area contributed by atoms with Gasteiger partial charge in [0, 0.05) is 25.4 Å². The Hall–Kier alpha value is -2.86. The Morgan fingerprint density at radius 2 is 1.62 bits per heavy atom. The zero-order chi connectivity index (χ0) is 20.6. The van der Waals surface area contributed by atoms with Crippen molar-refractivity contribution in [3.05, 3.63) is 101 Å². The number of hydrazine groups is 1. The summed E-state index contributed by atoms with van der Waals surface area (Å²) in [6.07, 6.45) is 3.35. The molecule has 0 spiro atoms. The molecule has 4 rings (SSSR count). The summed E-state index contributed by atoms with van der Waals surface area (Å²) < 4.78 is 51.6. The van der Waals surface area contributed by atoms with Gasteiger partial charge in [-0.3, -0.25) is 5.01 Å². The van der Waals surface area contributed by atoms with E-state index in [1.54, 1.807) is 12.1 Å². The minimum Gasteiger partial charge on any atom is -0.281 e. The molecule has 0 N–H and O–H groups in total. The third-order valence-corrected chi connectivity index (χ3v) is 5.24. The molecule has 2 aromatic rings. The van der Waals surface area contributed by atoms with Crippen LogP contribution in [0.5, 0.6) is 0 Å². The van der Waals surface area contributed by atoms with Gasteiger partial charge in [-0.15, -0.1) is 0 Å². The van der Waals surface area contributed by atoms with Gasteiger partial charge in [0.1, 0.15) is 5.82 Å². The van der Waals surface area contributed by atoms with Gasteiger partial charge in [-0.2, -0.15) is 13.2 Å². The highest BCUT2D eigenvalue weighted by Gasteiger charge is 2.31. The van der Waals surface area contributed by atoms with Crippen LogP contribution in [0.2, 0.25) is 0 Å². The van der Waals surface area contributed by atoms with Crippen LogP contribution in [-0.2, 0) is 12.6 Å². The molecular formula is C23H20F4N2. The molecule has 2 aromatic carbocycles. The smallest absolute Gasteiger partial charge is 0.281 e. The third kappa shape index (κ3) is 4.12. The molecule has 0 aliphatic carbocycles. The number of alkyl halides is 3. The molecule has 0 amide bonds. The van der Waals surface area contributed by atoms with E-state index >= 15 is 0 Å². The number of halogens is 4. The van der Waals surface area contributed by atoms with Gasteiger partial charge in [-0.25, -0.2) is 9.40 Å². The molecule has 0 fully saturated rings. The Balaban J connectivity index is 1.58. The fourth-order valence-corrected chi connectivity index (χ4v) is 3.64. The van der Waals surface area contributed by atoms with E-state index in [1.165, 1.54) is 24.3 Å². The van der Waals surface area contributed by atoms with Crippen LogP contribution in [-0.4, -0.2) is 23.6 Å². The maximum absolute atomic E-state index is 13.1. The number of hydrogen-bond donors (Lipinski definition) is 0. The van der Waals surface area contributed by atoms with E-state index in [0.29, 0.717) is 6.54 Å². The van der Waals surface area contributed by atoms with Crippen LogP contribution >= 0.6 is 0 Å². The summed E-state index contributed by atoms with van der Waals surface area (Å²) in [5.41, 5.74) is 4.29. The molecule has 2 aliphatic heterocycles. The molecule has 29 heavy (non-hydrogen) atoms. The second kappa shape index (κ2) is 7.52. The molecule has 150 valence electrons. The zero-order valence-electron chi connectivity index (χ0n) is 15.9. The standard InChI is InChI=1S/C23H20F4N2/c1-28-15-21(18-6-8-19(9-7-18)23(25,26)27)22-14-17(12-13-29(22)28)3-2-16-4-10-20(24)11-5-16/h4-14H,2-3,15H2,1H3. The van der Waals surface area contributed by atoms with Crippen molar-refractivity contribution in [2.45, 2.75) is 19.0 Å². The molecule has 2 heterocycles. The molecule has 2 nitrogen and oxygen atoms in total. The maximum atomic E-state index is 13.1. The Kier molecular flexibility index (Phi) is 5.04. The molecule has 0 radical (unpaired) electrons. The summed E-state index contributed by atoms with van der Waals surface area (Å²) in [5.74, 6) is -0.249. The largest absolute Gasteiger partial charge is 0.416 e. The summed E-state index contributed by atoms with van der Waals surface area (Å²) >= 11 is 0. The van der Waals surface area contributed by atoms with Crippen molar-refractivity contribution >= 4 is 5.57 Å². The van der Waals surface area contributed by atoms with Crippen molar-refractivity contribution in [1.82, 2.24) is 10.0 Å². The van der Waals surface area contributed by atoms with E-state index in [4.69, 9.17) is 0 Å². The monoisotopic (exact) mass is 400 g/mol. The van der Waals surface area contributed by atoms with E-state index < -0.39 is 11.7 Å². The quantitative estimate of drug-likeness (QED) is 0.598.